The van der Waals surface area contributed by atoms with Crippen LogP contribution >= 0.6 is 15.9 Å². The molecule has 152 valence electrons. The molecular weight excluding hydrogens is 454 g/mol. The third-order valence-electron chi connectivity index (χ3n) is 5.32. The maximum absolute atomic E-state index is 12.7. The highest BCUT2D eigenvalue weighted by atomic mass is 79.9. The summed E-state index contributed by atoms with van der Waals surface area (Å²) < 4.78 is 29.8. The number of para-hydroxylation sites is 2. The molecular formula is C21H22BrN3O3S. The van der Waals surface area contributed by atoms with E-state index in [4.69, 9.17) is 0 Å². The number of nitrogens with one attached hydrogen (secondary N) is 1. The molecule has 1 aromatic heterocycles. The molecule has 1 aliphatic heterocycles. The Labute approximate surface area is 178 Å². The second-order valence-corrected chi connectivity index (χ2v) is 9.93. The molecule has 3 aromatic rings. The topological polar surface area (TPSA) is 71.4 Å². The zero-order chi connectivity index (χ0) is 20.6. The lowest BCUT2D eigenvalue weighted by molar-refractivity contribution is -0.121. The molecule has 1 amide bonds. The molecule has 0 radical (unpaired) electrons. The van der Waals surface area contributed by atoms with E-state index < -0.39 is 10.0 Å². The van der Waals surface area contributed by atoms with Gasteiger partial charge in [-0.3, -0.25) is 9.10 Å². The molecule has 0 saturated heterocycles. The van der Waals surface area contributed by atoms with E-state index in [1.54, 1.807) is 0 Å². The smallest absolute Gasteiger partial charge is 0.239 e. The molecule has 2 aromatic carbocycles. The number of halogens is 1. The van der Waals surface area contributed by atoms with Crippen molar-refractivity contribution in [3.05, 3.63) is 64.3 Å². The van der Waals surface area contributed by atoms with E-state index in [0.717, 1.165) is 38.7 Å². The van der Waals surface area contributed by atoms with Crippen LogP contribution in [0, 0.1) is 6.92 Å². The van der Waals surface area contributed by atoms with Gasteiger partial charge in [0.05, 0.1) is 11.4 Å². The average molecular weight is 476 g/mol. The average Bonchev–Trinajstić information content (AvgIpc) is 3.24. The Morgan fingerprint density at radius 3 is 2.69 bits per heavy atom. The number of hydrogen-bond donors (Lipinski definition) is 1. The Morgan fingerprint density at radius 2 is 1.86 bits per heavy atom. The minimum Gasteiger partial charge on any atom is -0.353 e. The lowest BCUT2D eigenvalue weighted by atomic mass is 10.2. The van der Waals surface area contributed by atoms with Crippen molar-refractivity contribution in [3.8, 4) is 0 Å². The van der Waals surface area contributed by atoms with Gasteiger partial charge in [0.15, 0.2) is 0 Å². The van der Waals surface area contributed by atoms with Crippen molar-refractivity contribution in [2.45, 2.75) is 19.9 Å². The van der Waals surface area contributed by atoms with Gasteiger partial charge < -0.3 is 9.88 Å². The van der Waals surface area contributed by atoms with Crippen molar-refractivity contribution in [1.29, 1.82) is 0 Å². The van der Waals surface area contributed by atoms with Gasteiger partial charge in [-0.05, 0) is 47.0 Å². The summed E-state index contributed by atoms with van der Waals surface area (Å²) in [6, 6.07) is 15.4. The zero-order valence-corrected chi connectivity index (χ0v) is 18.5. The van der Waals surface area contributed by atoms with Crippen LogP contribution in [-0.4, -0.2) is 37.7 Å². The molecule has 1 N–H and O–H groups in total. The summed E-state index contributed by atoms with van der Waals surface area (Å²) in [4.78, 5) is 12.5. The first-order valence-electron chi connectivity index (χ1n) is 9.47. The van der Waals surface area contributed by atoms with E-state index in [9.17, 15) is 13.2 Å². The molecule has 1 aliphatic rings. The molecule has 0 aliphatic carbocycles. The predicted octanol–water partition coefficient (Wildman–Crippen LogP) is 3.22. The number of carbonyl (C=O) groups is 1. The summed E-state index contributed by atoms with van der Waals surface area (Å²) in [5, 5.41) is 3.80. The van der Waals surface area contributed by atoms with Gasteiger partial charge >= 0.3 is 0 Å². The minimum atomic E-state index is -3.48. The number of carbonyl (C=O) groups excluding carboxylic acids is 1. The summed E-state index contributed by atoms with van der Waals surface area (Å²) in [5.74, 6) is -0.333. The van der Waals surface area contributed by atoms with E-state index in [-0.39, 0.29) is 24.7 Å². The fourth-order valence-corrected chi connectivity index (χ4v) is 5.80. The number of anilines is 1. The summed E-state index contributed by atoms with van der Waals surface area (Å²) in [6.45, 7) is 2.63. The fraction of sp³-hybridized carbons (Fsp3) is 0.286. The summed E-state index contributed by atoms with van der Waals surface area (Å²) in [5.41, 5.74) is 3.72. The lowest BCUT2D eigenvalue weighted by Crippen LogP contribution is -2.37. The van der Waals surface area contributed by atoms with Gasteiger partial charge in [0, 0.05) is 34.2 Å². The number of aromatic nitrogens is 1. The monoisotopic (exact) mass is 475 g/mol. The van der Waals surface area contributed by atoms with Crippen LogP contribution in [0.5, 0.6) is 0 Å². The van der Waals surface area contributed by atoms with Gasteiger partial charge in [-0.2, -0.15) is 0 Å². The Bertz CT molecular complexity index is 1190. The van der Waals surface area contributed by atoms with E-state index in [1.165, 1.54) is 4.31 Å². The van der Waals surface area contributed by atoms with Gasteiger partial charge in [0.2, 0.25) is 15.9 Å². The number of hydrogen-bond acceptors (Lipinski definition) is 3. The minimum absolute atomic E-state index is 0.0826. The predicted molar refractivity (Wildman–Crippen MR) is 119 cm³/mol. The Morgan fingerprint density at radius 1 is 1.14 bits per heavy atom. The number of nitrogens with zero attached hydrogens (tertiary/aromatic N) is 2. The maximum atomic E-state index is 12.7. The third-order valence-corrected chi connectivity index (χ3v) is 8.09. The molecule has 0 spiro atoms. The van der Waals surface area contributed by atoms with E-state index >= 15 is 0 Å². The number of benzene rings is 2. The molecule has 0 fully saturated rings. The van der Waals surface area contributed by atoms with Crippen LogP contribution in [0.15, 0.2) is 53.0 Å². The molecule has 0 saturated carbocycles. The van der Waals surface area contributed by atoms with Crippen molar-refractivity contribution >= 4 is 48.5 Å². The highest BCUT2D eigenvalue weighted by Crippen LogP contribution is 2.31. The number of amides is 1. The highest BCUT2D eigenvalue weighted by Gasteiger charge is 2.28. The van der Waals surface area contributed by atoms with E-state index in [1.807, 2.05) is 60.0 Å². The molecule has 0 atom stereocenters. The zero-order valence-electron chi connectivity index (χ0n) is 16.1. The largest absolute Gasteiger partial charge is 0.353 e. The van der Waals surface area contributed by atoms with E-state index in [2.05, 4.69) is 21.2 Å². The van der Waals surface area contributed by atoms with Crippen LogP contribution in [-0.2, 0) is 27.8 Å². The number of sulfonamides is 1. The Hall–Kier alpha value is -2.32. The molecule has 0 unspecified atom stereocenters. The van der Waals surface area contributed by atoms with Gasteiger partial charge in [-0.1, -0.05) is 36.4 Å². The van der Waals surface area contributed by atoms with Crippen LogP contribution in [0.3, 0.4) is 0 Å². The summed E-state index contributed by atoms with van der Waals surface area (Å²) in [7, 11) is -3.48. The number of rotatable bonds is 6. The standard InChI is InChI=1S/C21H22BrN3O3S/c1-15-21(22)17-7-3-5-9-19(17)24(15)14-20(26)23-11-13-29(27,28)25-12-10-16-6-2-4-8-18(16)25/h2-9H,10-14H2,1H3,(H,23,26). The van der Waals surface area contributed by atoms with Crippen LogP contribution in [0.25, 0.3) is 10.9 Å². The normalized spacial score (nSPS) is 13.7. The molecule has 4 rings (SSSR count). The molecule has 0 bridgehead atoms. The highest BCUT2D eigenvalue weighted by molar-refractivity contribution is 9.10. The Balaban J connectivity index is 1.39. The van der Waals surface area contributed by atoms with Crippen LogP contribution in [0.1, 0.15) is 11.3 Å². The van der Waals surface area contributed by atoms with Crippen molar-refractivity contribution in [3.63, 3.8) is 0 Å². The molecule has 29 heavy (non-hydrogen) atoms. The van der Waals surface area contributed by atoms with Crippen molar-refractivity contribution in [2.75, 3.05) is 23.1 Å². The van der Waals surface area contributed by atoms with Crippen LogP contribution in [0.4, 0.5) is 5.69 Å². The van der Waals surface area contributed by atoms with Gasteiger partial charge in [-0.25, -0.2) is 8.42 Å². The number of fused-ring (bicyclic) bond motifs is 2. The van der Waals surface area contributed by atoms with Gasteiger partial charge in [0.25, 0.3) is 0 Å². The van der Waals surface area contributed by atoms with Crippen molar-refractivity contribution in [1.82, 2.24) is 9.88 Å². The van der Waals surface area contributed by atoms with Gasteiger partial charge in [0.1, 0.15) is 6.54 Å². The van der Waals surface area contributed by atoms with Crippen molar-refractivity contribution in [2.24, 2.45) is 0 Å². The quantitative estimate of drug-likeness (QED) is 0.594. The van der Waals surface area contributed by atoms with Gasteiger partial charge in [-0.15, -0.1) is 0 Å². The first-order valence-corrected chi connectivity index (χ1v) is 11.9. The molecule has 2 heterocycles. The molecule has 6 nitrogen and oxygen atoms in total. The third kappa shape index (κ3) is 3.79. The second-order valence-electron chi connectivity index (χ2n) is 7.12. The SMILES string of the molecule is Cc1c(Br)c2ccccc2n1CC(=O)NCCS(=O)(=O)N1CCc2ccccc21. The lowest BCUT2D eigenvalue weighted by Gasteiger charge is -2.19. The van der Waals surface area contributed by atoms with Crippen LogP contribution in [0.2, 0.25) is 0 Å². The fourth-order valence-electron chi connectivity index (χ4n) is 3.82. The first-order chi connectivity index (χ1) is 13.9. The molecule has 8 heteroatoms. The van der Waals surface area contributed by atoms with Crippen molar-refractivity contribution < 1.29 is 13.2 Å². The maximum Gasteiger partial charge on any atom is 0.239 e. The second kappa shape index (κ2) is 7.84. The summed E-state index contributed by atoms with van der Waals surface area (Å²) in [6.07, 6.45) is 0.719. The Kier molecular flexibility index (Phi) is 5.40. The van der Waals surface area contributed by atoms with E-state index in [0.29, 0.717) is 6.54 Å². The summed E-state index contributed by atoms with van der Waals surface area (Å²) >= 11 is 3.58. The van der Waals surface area contributed by atoms with Crippen LogP contribution < -0.4 is 9.62 Å². The first kappa shape index (κ1) is 20.0.